The fourth-order valence-corrected chi connectivity index (χ4v) is 3.10. The largest absolute Gasteiger partial charge is 0.494 e. The Labute approximate surface area is 159 Å². The van der Waals surface area contributed by atoms with E-state index >= 15 is 0 Å². The van der Waals surface area contributed by atoms with Gasteiger partial charge in [-0.2, -0.15) is 0 Å². The number of rotatable bonds is 6. The van der Waals surface area contributed by atoms with E-state index in [-0.39, 0.29) is 0 Å². The fraction of sp³-hybridized carbons (Fsp3) is 0.238. The van der Waals surface area contributed by atoms with Crippen LogP contribution in [0, 0.1) is 0 Å². The summed E-state index contributed by atoms with van der Waals surface area (Å²) in [4.78, 5) is 11.7. The number of nitrogens with zero attached hydrogens (tertiary/aromatic N) is 3. The Morgan fingerprint density at radius 1 is 1.00 bits per heavy atom. The van der Waals surface area contributed by atoms with Crippen LogP contribution in [0.3, 0.4) is 0 Å². The molecule has 0 amide bonds. The van der Waals surface area contributed by atoms with Gasteiger partial charge in [0.15, 0.2) is 5.82 Å². The molecule has 3 rings (SSSR count). The minimum Gasteiger partial charge on any atom is -0.494 e. The molecule has 0 fully saturated rings. The number of hydrogen-bond donors (Lipinski definition) is 0. The van der Waals surface area contributed by atoms with E-state index in [1.54, 1.807) is 7.11 Å². The van der Waals surface area contributed by atoms with Crippen molar-refractivity contribution in [1.82, 2.24) is 9.97 Å². The van der Waals surface area contributed by atoms with Crippen molar-refractivity contribution >= 4 is 40.5 Å². The molecule has 0 bridgehead atoms. The minimum atomic E-state index is 0.629. The minimum absolute atomic E-state index is 0.629. The Morgan fingerprint density at radius 2 is 1.77 bits per heavy atom. The molecule has 0 radical (unpaired) electrons. The second kappa shape index (κ2) is 8.19. The van der Waals surface area contributed by atoms with Crippen LogP contribution in [0.2, 0.25) is 5.02 Å². The van der Waals surface area contributed by atoms with Gasteiger partial charge in [0.05, 0.1) is 7.11 Å². The molecule has 0 spiro atoms. The monoisotopic (exact) mass is 367 g/mol. The Balaban J connectivity index is 2.15. The number of aromatic nitrogens is 2. The number of hydrogen-bond acceptors (Lipinski definition) is 4. The zero-order chi connectivity index (χ0) is 18.5. The van der Waals surface area contributed by atoms with E-state index < -0.39 is 0 Å². The molecule has 1 heterocycles. The van der Waals surface area contributed by atoms with Crippen molar-refractivity contribution in [3.05, 3.63) is 58.9 Å². The van der Waals surface area contributed by atoms with Crippen molar-refractivity contribution in [3.8, 4) is 5.75 Å². The number of methoxy groups -OCH3 is 1. The van der Waals surface area contributed by atoms with Gasteiger partial charge in [0, 0.05) is 23.5 Å². The molecule has 0 saturated carbocycles. The van der Waals surface area contributed by atoms with Gasteiger partial charge in [0.1, 0.15) is 17.1 Å². The van der Waals surface area contributed by atoms with Gasteiger partial charge in [-0.25, -0.2) is 9.97 Å². The summed E-state index contributed by atoms with van der Waals surface area (Å²) in [6, 6.07) is 13.6. The molecule has 0 aliphatic rings. The summed E-state index contributed by atoms with van der Waals surface area (Å²) >= 11 is 6.24. The third-order valence-electron chi connectivity index (χ3n) is 4.29. The van der Waals surface area contributed by atoms with Crippen LogP contribution in [0.15, 0.2) is 42.5 Å². The summed E-state index contributed by atoms with van der Waals surface area (Å²) in [6.45, 7) is 5.98. The smallest absolute Gasteiger partial charge is 0.155 e. The number of para-hydroxylation sites is 1. The van der Waals surface area contributed by atoms with Gasteiger partial charge in [-0.3, -0.25) is 0 Å². The zero-order valence-corrected chi connectivity index (χ0v) is 16.0. The van der Waals surface area contributed by atoms with Crippen molar-refractivity contribution in [2.75, 3.05) is 25.1 Å². The lowest BCUT2D eigenvalue weighted by Gasteiger charge is -2.22. The Hall–Kier alpha value is -2.59. The van der Waals surface area contributed by atoms with Gasteiger partial charge in [-0.05, 0) is 49.8 Å². The number of halogens is 1. The van der Waals surface area contributed by atoms with Crippen LogP contribution in [0.5, 0.6) is 5.75 Å². The first-order valence-electron chi connectivity index (χ1n) is 8.70. The quantitative estimate of drug-likeness (QED) is 0.591. The highest BCUT2D eigenvalue weighted by molar-refractivity contribution is 6.32. The van der Waals surface area contributed by atoms with Crippen LogP contribution < -0.4 is 9.64 Å². The summed E-state index contributed by atoms with van der Waals surface area (Å²) in [5, 5.41) is 1.69. The van der Waals surface area contributed by atoms with E-state index in [9.17, 15) is 0 Å². The maximum Gasteiger partial charge on any atom is 0.155 e. The maximum atomic E-state index is 6.24. The predicted molar refractivity (Wildman–Crippen MR) is 110 cm³/mol. The van der Waals surface area contributed by atoms with Gasteiger partial charge < -0.3 is 9.64 Å². The van der Waals surface area contributed by atoms with Crippen LogP contribution in [-0.2, 0) is 0 Å². The normalized spacial score (nSPS) is 11.2. The number of anilines is 1. The third kappa shape index (κ3) is 3.65. The Morgan fingerprint density at radius 3 is 2.46 bits per heavy atom. The lowest BCUT2D eigenvalue weighted by atomic mass is 10.2. The highest BCUT2D eigenvalue weighted by Gasteiger charge is 2.14. The summed E-state index contributed by atoms with van der Waals surface area (Å²) in [7, 11) is 1.66. The first-order valence-corrected chi connectivity index (χ1v) is 9.08. The first kappa shape index (κ1) is 18.2. The van der Waals surface area contributed by atoms with Gasteiger partial charge >= 0.3 is 0 Å². The van der Waals surface area contributed by atoms with Gasteiger partial charge in [0.2, 0.25) is 0 Å². The first-order chi connectivity index (χ1) is 12.7. The molecule has 0 aliphatic carbocycles. The van der Waals surface area contributed by atoms with E-state index in [1.807, 2.05) is 54.6 Å². The standard InChI is InChI=1S/C21H22ClN3O/c1-4-25(5-2)21-16-10-8-12-18(26-3)20(16)23-19(24-21)14-13-15-9-6-7-11-17(15)22/h6-14H,4-5H2,1-3H3/b14-13+. The van der Waals surface area contributed by atoms with Crippen molar-refractivity contribution in [2.24, 2.45) is 0 Å². The van der Waals surface area contributed by atoms with Crippen molar-refractivity contribution in [2.45, 2.75) is 13.8 Å². The third-order valence-corrected chi connectivity index (χ3v) is 4.63. The number of benzene rings is 2. The summed E-state index contributed by atoms with van der Waals surface area (Å²) in [5.41, 5.74) is 1.74. The van der Waals surface area contributed by atoms with Gasteiger partial charge in [0.25, 0.3) is 0 Å². The molecule has 2 aromatic carbocycles. The topological polar surface area (TPSA) is 38.2 Å². The SMILES string of the molecule is CCN(CC)c1nc(/C=C/c2ccccc2Cl)nc2c(OC)cccc12. The molecule has 3 aromatic rings. The molecule has 0 N–H and O–H groups in total. The lowest BCUT2D eigenvalue weighted by molar-refractivity contribution is 0.419. The molecule has 0 aliphatic heterocycles. The van der Waals surface area contributed by atoms with E-state index in [1.165, 1.54) is 0 Å². The van der Waals surface area contributed by atoms with E-state index in [0.717, 1.165) is 41.1 Å². The second-order valence-corrected chi connectivity index (χ2v) is 6.20. The summed E-state index contributed by atoms with van der Waals surface area (Å²) in [6.07, 6.45) is 3.82. The molecule has 1 aromatic heterocycles. The molecule has 26 heavy (non-hydrogen) atoms. The summed E-state index contributed by atoms with van der Waals surface area (Å²) < 4.78 is 5.51. The van der Waals surface area contributed by atoms with Crippen LogP contribution >= 0.6 is 11.6 Å². The fourth-order valence-electron chi connectivity index (χ4n) is 2.90. The highest BCUT2D eigenvalue weighted by atomic mass is 35.5. The van der Waals surface area contributed by atoms with Gasteiger partial charge in [-0.15, -0.1) is 0 Å². The van der Waals surface area contributed by atoms with Crippen molar-refractivity contribution in [3.63, 3.8) is 0 Å². The molecule has 4 nitrogen and oxygen atoms in total. The summed E-state index contributed by atoms with van der Waals surface area (Å²) in [5.74, 6) is 2.28. The number of ether oxygens (including phenoxy) is 1. The van der Waals surface area contributed by atoms with Crippen LogP contribution in [0.25, 0.3) is 23.1 Å². The van der Waals surface area contributed by atoms with E-state index in [0.29, 0.717) is 10.8 Å². The lowest BCUT2D eigenvalue weighted by Crippen LogP contribution is -2.23. The zero-order valence-electron chi connectivity index (χ0n) is 15.2. The van der Waals surface area contributed by atoms with E-state index in [4.69, 9.17) is 26.3 Å². The van der Waals surface area contributed by atoms with Crippen LogP contribution in [0.1, 0.15) is 25.2 Å². The molecular formula is C21H22ClN3O. The van der Waals surface area contributed by atoms with Crippen molar-refractivity contribution in [1.29, 1.82) is 0 Å². The molecule has 0 saturated heterocycles. The maximum absolute atomic E-state index is 6.24. The molecule has 0 atom stereocenters. The second-order valence-electron chi connectivity index (χ2n) is 5.79. The Kier molecular flexibility index (Phi) is 5.74. The Bertz CT molecular complexity index is 936. The molecule has 5 heteroatoms. The molecule has 0 unspecified atom stereocenters. The van der Waals surface area contributed by atoms with Crippen LogP contribution in [-0.4, -0.2) is 30.2 Å². The molecule has 134 valence electrons. The average molecular weight is 368 g/mol. The van der Waals surface area contributed by atoms with Crippen molar-refractivity contribution < 1.29 is 4.74 Å². The average Bonchev–Trinajstić information content (AvgIpc) is 2.67. The van der Waals surface area contributed by atoms with E-state index in [2.05, 4.69) is 18.7 Å². The van der Waals surface area contributed by atoms with Gasteiger partial charge in [-0.1, -0.05) is 35.9 Å². The van der Waals surface area contributed by atoms with Crippen LogP contribution in [0.4, 0.5) is 5.82 Å². The highest BCUT2D eigenvalue weighted by Crippen LogP contribution is 2.30. The number of fused-ring (bicyclic) bond motifs is 1. The molecular weight excluding hydrogens is 346 g/mol. The predicted octanol–water partition coefficient (Wildman–Crippen LogP) is 5.31.